The first-order valence-corrected chi connectivity index (χ1v) is 10.5. The second kappa shape index (κ2) is 10.4. The molecule has 0 aliphatic heterocycles. The van der Waals surface area contributed by atoms with Crippen LogP contribution in [0.15, 0.2) is 6.07 Å². The zero-order valence-corrected chi connectivity index (χ0v) is 19.1. The quantitative estimate of drug-likeness (QED) is 0.639. The average molecular weight is 407 g/mol. The van der Waals surface area contributed by atoms with Gasteiger partial charge < -0.3 is 24.4 Å². The first-order chi connectivity index (χ1) is 13.7. The lowest BCUT2D eigenvalue weighted by Crippen LogP contribution is -2.41. The van der Waals surface area contributed by atoms with E-state index in [2.05, 4.69) is 17.9 Å². The molecule has 0 bridgehead atoms. The predicted molar refractivity (Wildman–Crippen MR) is 115 cm³/mol. The zero-order valence-electron chi connectivity index (χ0n) is 19.1. The van der Waals surface area contributed by atoms with Gasteiger partial charge in [-0.05, 0) is 69.1 Å². The molecule has 3 atom stereocenters. The first-order valence-electron chi connectivity index (χ1n) is 10.5. The van der Waals surface area contributed by atoms with Crippen LogP contribution in [-0.4, -0.2) is 75.4 Å². The maximum Gasteiger partial charge on any atom is 0.225 e. The summed E-state index contributed by atoms with van der Waals surface area (Å²) in [5, 5.41) is 11.3. The highest BCUT2D eigenvalue weighted by molar-refractivity contribution is 5.78. The summed E-state index contributed by atoms with van der Waals surface area (Å²) in [5.74, 6) is 0.563. The Hall–Kier alpha value is -1.63. The van der Waals surface area contributed by atoms with E-state index in [0.717, 1.165) is 41.8 Å². The van der Waals surface area contributed by atoms with E-state index < -0.39 is 6.10 Å². The molecular formula is C23H38N2O4. The van der Waals surface area contributed by atoms with Crippen LogP contribution in [0.4, 0.5) is 0 Å². The van der Waals surface area contributed by atoms with Gasteiger partial charge in [0.15, 0.2) is 0 Å². The summed E-state index contributed by atoms with van der Waals surface area (Å²) >= 11 is 0. The summed E-state index contributed by atoms with van der Waals surface area (Å²) in [6.07, 6.45) is 1.03. The normalized spacial score (nSPS) is 19.8. The molecule has 1 aromatic carbocycles. The molecule has 0 saturated heterocycles. The van der Waals surface area contributed by atoms with Crippen LogP contribution in [0.1, 0.15) is 41.7 Å². The van der Waals surface area contributed by atoms with Gasteiger partial charge in [-0.25, -0.2) is 0 Å². The van der Waals surface area contributed by atoms with E-state index >= 15 is 0 Å². The van der Waals surface area contributed by atoms with Crippen molar-refractivity contribution in [1.82, 2.24) is 9.80 Å². The minimum atomic E-state index is -0.662. The molecule has 6 heteroatoms. The number of aliphatic hydroxyl groups excluding tert-OH is 1. The molecule has 1 aliphatic carbocycles. The fourth-order valence-electron chi connectivity index (χ4n) is 4.28. The van der Waals surface area contributed by atoms with E-state index in [-0.39, 0.29) is 17.7 Å². The van der Waals surface area contributed by atoms with Crippen molar-refractivity contribution in [3.8, 4) is 5.75 Å². The van der Waals surface area contributed by atoms with Gasteiger partial charge in [0.1, 0.15) is 12.4 Å². The lowest BCUT2D eigenvalue weighted by Gasteiger charge is -2.37. The molecular weight excluding hydrogens is 368 g/mol. The molecule has 0 heterocycles. The topological polar surface area (TPSA) is 62.2 Å². The third kappa shape index (κ3) is 5.50. The molecule has 0 spiro atoms. The second-order valence-corrected chi connectivity index (χ2v) is 8.55. The number of carbonyl (C=O) groups is 1. The van der Waals surface area contributed by atoms with Crippen LogP contribution in [0.3, 0.4) is 0 Å². The van der Waals surface area contributed by atoms with Gasteiger partial charge >= 0.3 is 0 Å². The van der Waals surface area contributed by atoms with Crippen molar-refractivity contribution in [1.29, 1.82) is 0 Å². The minimum Gasteiger partial charge on any atom is -0.491 e. The molecule has 0 aromatic heterocycles. The van der Waals surface area contributed by atoms with Gasteiger partial charge in [-0.2, -0.15) is 0 Å². The molecule has 1 amide bonds. The van der Waals surface area contributed by atoms with Crippen molar-refractivity contribution < 1.29 is 19.4 Å². The highest BCUT2D eigenvalue weighted by atomic mass is 16.5. The van der Waals surface area contributed by atoms with E-state index in [1.165, 1.54) is 5.56 Å². The lowest BCUT2D eigenvalue weighted by molar-refractivity contribution is -0.137. The molecule has 1 aliphatic rings. The highest BCUT2D eigenvalue weighted by Crippen LogP contribution is 2.44. The van der Waals surface area contributed by atoms with Gasteiger partial charge in [0.25, 0.3) is 0 Å². The predicted octanol–water partition coefficient (Wildman–Crippen LogP) is 2.58. The third-order valence-electron chi connectivity index (χ3n) is 6.19. The lowest BCUT2D eigenvalue weighted by atomic mass is 9.72. The molecule has 0 radical (unpaired) electrons. The Balaban J connectivity index is 2.22. The largest absolute Gasteiger partial charge is 0.491 e. The number of methoxy groups -OCH3 is 1. The van der Waals surface area contributed by atoms with Gasteiger partial charge in [-0.3, -0.25) is 4.79 Å². The summed E-state index contributed by atoms with van der Waals surface area (Å²) in [6, 6.07) is 2.06. The molecule has 0 saturated carbocycles. The van der Waals surface area contributed by atoms with Crippen molar-refractivity contribution in [3.05, 3.63) is 28.3 Å². The maximum absolute atomic E-state index is 13.0. The Labute approximate surface area is 175 Å². The fourth-order valence-corrected chi connectivity index (χ4v) is 4.28. The Morgan fingerprint density at radius 2 is 1.93 bits per heavy atom. The number of carbonyl (C=O) groups excluding carboxylic acids is 1. The van der Waals surface area contributed by atoms with Crippen molar-refractivity contribution in [2.75, 3.05) is 54.6 Å². The average Bonchev–Trinajstić information content (AvgIpc) is 2.68. The van der Waals surface area contributed by atoms with Gasteiger partial charge in [-0.15, -0.1) is 0 Å². The van der Waals surface area contributed by atoms with Gasteiger partial charge in [-0.1, -0.05) is 6.92 Å². The number of aliphatic hydroxyl groups is 1. The number of hydrogen-bond donors (Lipinski definition) is 1. The molecule has 164 valence electrons. The van der Waals surface area contributed by atoms with Crippen LogP contribution in [-0.2, 0) is 16.0 Å². The van der Waals surface area contributed by atoms with E-state index in [9.17, 15) is 9.90 Å². The van der Waals surface area contributed by atoms with Crippen LogP contribution in [0.25, 0.3) is 0 Å². The zero-order chi connectivity index (χ0) is 21.7. The van der Waals surface area contributed by atoms with Crippen molar-refractivity contribution in [2.24, 2.45) is 11.8 Å². The Kier molecular flexibility index (Phi) is 8.49. The van der Waals surface area contributed by atoms with E-state index in [1.807, 2.05) is 35.0 Å². The molecule has 1 N–H and O–H groups in total. The van der Waals surface area contributed by atoms with Crippen LogP contribution in [0, 0.1) is 25.7 Å². The van der Waals surface area contributed by atoms with Crippen molar-refractivity contribution in [2.45, 2.75) is 39.7 Å². The molecule has 2 rings (SSSR count). The Bertz CT molecular complexity index is 705. The molecule has 6 nitrogen and oxygen atoms in total. The summed E-state index contributed by atoms with van der Waals surface area (Å²) in [4.78, 5) is 16.8. The minimum absolute atomic E-state index is 0.0934. The number of rotatable bonds is 9. The van der Waals surface area contributed by atoms with Crippen molar-refractivity contribution >= 4 is 5.91 Å². The number of aryl methyl sites for hydroxylation is 1. The summed E-state index contributed by atoms with van der Waals surface area (Å²) < 4.78 is 11.0. The van der Waals surface area contributed by atoms with Gasteiger partial charge in [0.2, 0.25) is 5.91 Å². The van der Waals surface area contributed by atoms with Crippen LogP contribution >= 0.6 is 0 Å². The maximum atomic E-state index is 13.0. The Morgan fingerprint density at radius 1 is 1.24 bits per heavy atom. The molecule has 3 unspecified atom stereocenters. The number of hydrogen-bond acceptors (Lipinski definition) is 5. The molecule has 29 heavy (non-hydrogen) atoms. The van der Waals surface area contributed by atoms with Crippen molar-refractivity contribution in [3.63, 3.8) is 0 Å². The molecule has 0 fully saturated rings. The third-order valence-corrected chi connectivity index (χ3v) is 6.19. The van der Waals surface area contributed by atoms with E-state index in [4.69, 9.17) is 9.47 Å². The standard InChI is InChI=1S/C23H38N2O4/c1-15-14-20(29-13-12-28-7)17(3)21-18(15)8-9-19(22(21)26)16(2)23(27)25(6)11-10-24(4)5/h14,16,19,22,26H,8-13H2,1-7H3. The number of nitrogens with zero attached hydrogens (tertiary/aromatic N) is 2. The molecule has 1 aromatic rings. The summed E-state index contributed by atoms with van der Waals surface area (Å²) in [6.45, 7) is 8.53. The smallest absolute Gasteiger partial charge is 0.225 e. The van der Waals surface area contributed by atoms with Gasteiger partial charge in [0, 0.05) is 39.1 Å². The number of ether oxygens (including phenoxy) is 2. The number of benzene rings is 1. The summed E-state index contributed by atoms with van der Waals surface area (Å²) in [5.41, 5.74) is 4.26. The fraction of sp³-hybridized carbons (Fsp3) is 0.696. The SMILES string of the molecule is COCCOc1cc(C)c2c(c1C)C(O)C(C(C)C(=O)N(C)CCN(C)C)CC2. The second-order valence-electron chi connectivity index (χ2n) is 8.55. The number of amides is 1. The Morgan fingerprint density at radius 3 is 2.55 bits per heavy atom. The van der Waals surface area contributed by atoms with Crippen LogP contribution in [0.5, 0.6) is 5.75 Å². The van der Waals surface area contributed by atoms with Crippen LogP contribution < -0.4 is 4.74 Å². The monoisotopic (exact) mass is 406 g/mol. The van der Waals surface area contributed by atoms with Crippen LogP contribution in [0.2, 0.25) is 0 Å². The highest BCUT2D eigenvalue weighted by Gasteiger charge is 2.38. The number of fused-ring (bicyclic) bond motifs is 1. The van der Waals surface area contributed by atoms with E-state index in [1.54, 1.807) is 12.0 Å². The van der Waals surface area contributed by atoms with E-state index in [0.29, 0.717) is 19.8 Å². The first kappa shape index (κ1) is 23.6. The number of likely N-dealkylation sites (N-methyl/N-ethyl adjacent to an activating group) is 2. The summed E-state index contributed by atoms with van der Waals surface area (Å²) in [7, 11) is 7.50. The van der Waals surface area contributed by atoms with Gasteiger partial charge in [0.05, 0.1) is 12.7 Å².